The maximum absolute atomic E-state index is 11.6. The smallest absolute Gasteiger partial charge is 0.305 e. The summed E-state index contributed by atoms with van der Waals surface area (Å²) < 4.78 is 0. The van der Waals surface area contributed by atoms with Crippen LogP contribution in [0.3, 0.4) is 0 Å². The normalized spacial score (nSPS) is 19.1. The third-order valence-corrected chi connectivity index (χ3v) is 4.28. The number of nitrogens with zero attached hydrogens (tertiary/aromatic N) is 3. The van der Waals surface area contributed by atoms with Crippen LogP contribution in [0.4, 0.5) is 0 Å². The van der Waals surface area contributed by atoms with E-state index in [-0.39, 0.29) is 12.3 Å². The van der Waals surface area contributed by atoms with Crippen molar-refractivity contribution in [2.45, 2.75) is 11.7 Å². The Kier molecular flexibility index (Phi) is 4.71. The molecule has 1 unspecified atom stereocenters. The molecule has 1 aliphatic rings. The molecule has 1 amide bonds. The SMILES string of the molecule is O=C(O)CC1SC(=NN=Cc2ccc(-c3cnc[nH]3)cc2)NC1=O. The van der Waals surface area contributed by atoms with Gasteiger partial charge in [-0.2, -0.15) is 5.10 Å². The molecule has 1 atom stereocenters. The predicted molar refractivity (Wildman–Crippen MR) is 90.8 cm³/mol. The van der Waals surface area contributed by atoms with Crippen LogP contribution in [0.1, 0.15) is 12.0 Å². The van der Waals surface area contributed by atoms with Crippen molar-refractivity contribution in [3.63, 3.8) is 0 Å². The van der Waals surface area contributed by atoms with Crippen LogP contribution in [-0.2, 0) is 9.59 Å². The Morgan fingerprint density at radius 1 is 1.38 bits per heavy atom. The second kappa shape index (κ2) is 7.09. The van der Waals surface area contributed by atoms with Crippen molar-refractivity contribution in [1.82, 2.24) is 15.3 Å². The summed E-state index contributed by atoms with van der Waals surface area (Å²) in [6.07, 6.45) is 4.67. The molecule has 3 N–H and O–H groups in total. The average Bonchev–Trinajstić information content (AvgIpc) is 3.19. The molecule has 8 nitrogen and oxygen atoms in total. The summed E-state index contributed by atoms with van der Waals surface area (Å²) in [6.45, 7) is 0. The summed E-state index contributed by atoms with van der Waals surface area (Å²) in [5.41, 5.74) is 2.78. The second-order valence-corrected chi connectivity index (χ2v) is 6.12. The quantitative estimate of drug-likeness (QED) is 0.561. The lowest BCUT2D eigenvalue weighted by Crippen LogP contribution is -2.26. The number of aromatic amines is 1. The Labute approximate surface area is 141 Å². The van der Waals surface area contributed by atoms with Gasteiger partial charge in [0, 0.05) is 0 Å². The molecule has 1 saturated heterocycles. The van der Waals surface area contributed by atoms with Gasteiger partial charge in [0.1, 0.15) is 5.25 Å². The Hall–Kier alpha value is -2.94. The van der Waals surface area contributed by atoms with Crippen molar-refractivity contribution < 1.29 is 14.7 Å². The Morgan fingerprint density at radius 3 is 2.83 bits per heavy atom. The van der Waals surface area contributed by atoms with E-state index in [1.165, 1.54) is 0 Å². The molecule has 0 saturated carbocycles. The maximum atomic E-state index is 11.6. The zero-order valence-electron chi connectivity index (χ0n) is 12.3. The third kappa shape index (κ3) is 3.87. The van der Waals surface area contributed by atoms with Gasteiger partial charge >= 0.3 is 5.97 Å². The molecule has 3 rings (SSSR count). The summed E-state index contributed by atoms with van der Waals surface area (Å²) in [4.78, 5) is 29.2. The molecule has 2 aromatic rings. The molecule has 1 aromatic carbocycles. The highest BCUT2D eigenvalue weighted by Crippen LogP contribution is 2.22. The monoisotopic (exact) mass is 343 g/mol. The Morgan fingerprint density at radius 2 is 2.17 bits per heavy atom. The van der Waals surface area contributed by atoms with Crippen molar-refractivity contribution in [3.8, 4) is 11.3 Å². The Balaban J connectivity index is 1.62. The number of H-pyrrole nitrogens is 1. The van der Waals surface area contributed by atoms with Gasteiger partial charge in [0.05, 0.1) is 30.9 Å². The highest BCUT2D eigenvalue weighted by atomic mass is 32.2. The standard InChI is InChI=1S/C15H13N5O3S/c21-13(22)5-12-14(23)19-15(24-12)20-18-6-9-1-3-10(4-2-9)11-7-16-8-17-11/h1-4,6-8,12H,5H2,(H,16,17)(H,21,22)(H,19,20,23). The highest BCUT2D eigenvalue weighted by molar-refractivity contribution is 8.15. The van der Waals surface area contributed by atoms with E-state index in [2.05, 4.69) is 25.5 Å². The summed E-state index contributed by atoms with van der Waals surface area (Å²) in [6, 6.07) is 7.62. The summed E-state index contributed by atoms with van der Waals surface area (Å²) >= 11 is 1.07. The van der Waals surface area contributed by atoms with Gasteiger partial charge in [-0.15, -0.1) is 5.10 Å². The number of rotatable bonds is 5. The van der Waals surface area contributed by atoms with Crippen LogP contribution in [0.15, 0.2) is 47.0 Å². The van der Waals surface area contributed by atoms with Crippen molar-refractivity contribution in [3.05, 3.63) is 42.4 Å². The van der Waals surface area contributed by atoms with Gasteiger partial charge in [-0.05, 0) is 11.1 Å². The van der Waals surface area contributed by atoms with Crippen molar-refractivity contribution in [2.24, 2.45) is 10.2 Å². The fourth-order valence-corrected chi connectivity index (χ4v) is 2.97. The summed E-state index contributed by atoms with van der Waals surface area (Å²) in [7, 11) is 0. The molecule has 0 spiro atoms. The Bertz CT molecular complexity index is 799. The van der Waals surface area contributed by atoms with Crippen LogP contribution in [0.25, 0.3) is 11.3 Å². The van der Waals surface area contributed by atoms with Gasteiger partial charge in [-0.3, -0.25) is 9.59 Å². The molecule has 0 radical (unpaired) electrons. The number of imidazole rings is 1. The van der Waals surface area contributed by atoms with Crippen LogP contribution in [0, 0.1) is 0 Å². The van der Waals surface area contributed by atoms with Gasteiger partial charge in [0.2, 0.25) is 5.91 Å². The molecule has 9 heteroatoms. The van der Waals surface area contributed by atoms with Crippen molar-refractivity contribution in [2.75, 3.05) is 0 Å². The van der Waals surface area contributed by atoms with Crippen LogP contribution < -0.4 is 5.32 Å². The van der Waals surface area contributed by atoms with E-state index in [0.717, 1.165) is 28.6 Å². The molecule has 1 aromatic heterocycles. The first-order valence-corrected chi connectivity index (χ1v) is 7.89. The van der Waals surface area contributed by atoms with E-state index >= 15 is 0 Å². The molecular formula is C15H13N5O3S. The van der Waals surface area contributed by atoms with Crippen molar-refractivity contribution in [1.29, 1.82) is 0 Å². The van der Waals surface area contributed by atoms with Gasteiger partial charge in [0.25, 0.3) is 0 Å². The first-order chi connectivity index (χ1) is 11.6. The lowest BCUT2D eigenvalue weighted by molar-refractivity contribution is -0.138. The zero-order chi connectivity index (χ0) is 16.9. The van der Waals surface area contributed by atoms with Gasteiger partial charge in [0.15, 0.2) is 5.17 Å². The topological polar surface area (TPSA) is 120 Å². The molecular weight excluding hydrogens is 330 g/mol. The average molecular weight is 343 g/mol. The fraction of sp³-hybridized carbons (Fsp3) is 0.133. The van der Waals surface area contributed by atoms with E-state index in [1.54, 1.807) is 18.7 Å². The highest BCUT2D eigenvalue weighted by Gasteiger charge is 2.32. The number of hydrogen-bond donors (Lipinski definition) is 3. The molecule has 0 bridgehead atoms. The van der Waals surface area contributed by atoms with Crippen LogP contribution in [0.5, 0.6) is 0 Å². The van der Waals surface area contributed by atoms with Crippen LogP contribution in [0.2, 0.25) is 0 Å². The number of carboxylic acids is 1. The lowest BCUT2D eigenvalue weighted by Gasteiger charge is -1.98. The molecule has 24 heavy (non-hydrogen) atoms. The van der Waals surface area contributed by atoms with E-state index in [4.69, 9.17) is 5.11 Å². The van der Waals surface area contributed by atoms with Gasteiger partial charge < -0.3 is 15.4 Å². The maximum Gasteiger partial charge on any atom is 0.305 e. The van der Waals surface area contributed by atoms with Gasteiger partial charge in [-0.1, -0.05) is 36.0 Å². The number of aliphatic carboxylic acids is 1. The minimum atomic E-state index is -1.02. The first-order valence-electron chi connectivity index (χ1n) is 7.01. The third-order valence-electron chi connectivity index (χ3n) is 3.21. The molecule has 1 aliphatic heterocycles. The van der Waals surface area contributed by atoms with Crippen molar-refractivity contribution >= 4 is 35.0 Å². The largest absolute Gasteiger partial charge is 0.481 e. The molecule has 122 valence electrons. The number of hydrogen-bond acceptors (Lipinski definition) is 6. The number of amidine groups is 1. The number of aromatic nitrogens is 2. The fourth-order valence-electron chi connectivity index (χ4n) is 2.06. The van der Waals surface area contributed by atoms with E-state index in [0.29, 0.717) is 5.17 Å². The lowest BCUT2D eigenvalue weighted by atomic mass is 10.1. The van der Waals surface area contributed by atoms with E-state index in [1.807, 2.05) is 24.3 Å². The number of amides is 1. The zero-order valence-corrected chi connectivity index (χ0v) is 13.2. The molecule has 2 heterocycles. The summed E-state index contributed by atoms with van der Waals surface area (Å²) in [5, 5.41) is 18.7. The van der Waals surface area contributed by atoms with Crippen LogP contribution in [-0.4, -0.2) is 43.6 Å². The number of carbonyl (C=O) groups excluding carboxylic acids is 1. The second-order valence-electron chi connectivity index (χ2n) is 4.93. The van der Waals surface area contributed by atoms with E-state index < -0.39 is 11.2 Å². The van der Waals surface area contributed by atoms with E-state index in [9.17, 15) is 9.59 Å². The molecule has 1 fully saturated rings. The number of thioether (sulfide) groups is 1. The first kappa shape index (κ1) is 15.9. The predicted octanol–water partition coefficient (Wildman–Crippen LogP) is 1.47. The minimum absolute atomic E-state index is 0.242. The number of carboxylic acid groups (broad SMARTS) is 1. The minimum Gasteiger partial charge on any atom is -0.481 e. The summed E-state index contributed by atoms with van der Waals surface area (Å²) in [5.74, 6) is -1.38. The number of benzene rings is 1. The number of carbonyl (C=O) groups is 2. The van der Waals surface area contributed by atoms with Crippen LogP contribution >= 0.6 is 11.8 Å². The van der Waals surface area contributed by atoms with Gasteiger partial charge in [-0.25, -0.2) is 4.98 Å². The molecule has 0 aliphatic carbocycles. The number of nitrogens with one attached hydrogen (secondary N) is 2.